The summed E-state index contributed by atoms with van der Waals surface area (Å²) in [6.07, 6.45) is 0. The Morgan fingerprint density at radius 1 is 0.379 bits per heavy atom. The summed E-state index contributed by atoms with van der Waals surface area (Å²) in [4.78, 5) is 9.94. The Labute approximate surface area is 332 Å². The minimum Gasteiger partial charge on any atom is -0.506 e. The number of hydrogen-bond acceptors (Lipinski definition) is 8. The average molecular weight is 795 g/mol. The second kappa shape index (κ2) is 13.9. The van der Waals surface area contributed by atoms with Crippen molar-refractivity contribution in [3.05, 3.63) is 203 Å². The molecule has 2 aliphatic heterocycles. The molecule has 0 saturated heterocycles. The third-order valence-electron chi connectivity index (χ3n) is 10.5. The van der Waals surface area contributed by atoms with E-state index in [0.717, 1.165) is 0 Å². The van der Waals surface area contributed by atoms with Gasteiger partial charge in [-0.2, -0.15) is 0 Å². The summed E-state index contributed by atoms with van der Waals surface area (Å²) in [6, 6.07) is 53.4. The molecule has 58 heavy (non-hydrogen) atoms. The van der Waals surface area contributed by atoms with Crippen molar-refractivity contribution >= 4 is 57.5 Å². The van der Waals surface area contributed by atoms with E-state index in [9.17, 15) is 10.2 Å². The first-order valence-electron chi connectivity index (χ1n) is 18.6. The third-order valence-corrected chi connectivity index (χ3v) is 16.7. The van der Waals surface area contributed by atoms with Gasteiger partial charge in [0.1, 0.15) is 33.6 Å². The maximum absolute atomic E-state index is 16.2. The molecule has 0 aliphatic carbocycles. The van der Waals surface area contributed by atoms with Crippen LogP contribution in [0.3, 0.4) is 0 Å². The lowest BCUT2D eigenvalue weighted by molar-refractivity contribution is 0.449. The number of fused-ring (bicyclic) bond motifs is 4. The van der Waals surface area contributed by atoms with Gasteiger partial charge < -0.3 is 28.8 Å². The van der Waals surface area contributed by atoms with E-state index >= 15 is 9.13 Å². The predicted octanol–water partition coefficient (Wildman–Crippen LogP) is 7.78. The lowest BCUT2D eigenvalue weighted by Crippen LogP contribution is -2.37. The van der Waals surface area contributed by atoms with E-state index in [1.807, 2.05) is 48.5 Å². The molecule has 10 heteroatoms. The van der Waals surface area contributed by atoms with Crippen LogP contribution >= 0.6 is 14.3 Å². The van der Waals surface area contributed by atoms with E-state index in [4.69, 9.17) is 19.5 Å². The molecule has 0 atom stereocenters. The second-order valence-electron chi connectivity index (χ2n) is 13.9. The number of rotatable bonds is 6. The summed E-state index contributed by atoms with van der Waals surface area (Å²) in [6.45, 7) is 0. The first kappa shape index (κ1) is 35.4. The largest absolute Gasteiger partial charge is 0.506 e. The van der Waals surface area contributed by atoms with Gasteiger partial charge in [-0.3, -0.25) is 0 Å². The van der Waals surface area contributed by atoms with Crippen LogP contribution in [-0.4, -0.2) is 10.2 Å². The second-order valence-corrected chi connectivity index (χ2v) is 19.3. The highest BCUT2D eigenvalue weighted by molar-refractivity contribution is 7.86. The average Bonchev–Trinajstić information content (AvgIpc) is 3.28. The summed E-state index contributed by atoms with van der Waals surface area (Å²) in [5.74, 6) is 0.530. The van der Waals surface area contributed by atoms with Crippen molar-refractivity contribution in [3.8, 4) is 34.5 Å². The number of hydrogen-bond donors (Lipinski definition) is 2. The number of phenolic OH excluding ortho intramolecular Hbond substituents is 2. The molecule has 2 N–H and O–H groups in total. The molecule has 0 unspecified atom stereocenters. The molecule has 8 aromatic rings. The van der Waals surface area contributed by atoms with Gasteiger partial charge in [-0.1, -0.05) is 146 Å². The summed E-state index contributed by atoms with van der Waals surface area (Å²) >= 11 is 0. The predicted molar refractivity (Wildman–Crippen MR) is 227 cm³/mol. The maximum atomic E-state index is 16.2. The third kappa shape index (κ3) is 5.53. The minimum absolute atomic E-state index is 0.0239. The van der Waals surface area contributed by atoms with Crippen LogP contribution in [0.4, 0.5) is 11.4 Å². The van der Waals surface area contributed by atoms with Gasteiger partial charge in [-0.05, 0) is 36.4 Å². The van der Waals surface area contributed by atoms with E-state index in [1.54, 1.807) is 133 Å². The van der Waals surface area contributed by atoms with Gasteiger partial charge in [0, 0.05) is 31.7 Å². The Bertz CT molecular complexity index is 2950. The Kier molecular flexibility index (Phi) is 8.49. The van der Waals surface area contributed by atoms with Crippen molar-refractivity contribution in [3.63, 3.8) is 0 Å². The number of nitrogens with zero attached hydrogens (tertiary/aromatic N) is 2. The lowest BCUT2D eigenvalue weighted by atomic mass is 10.1. The van der Waals surface area contributed by atoms with E-state index in [-0.39, 0.29) is 43.3 Å². The Morgan fingerprint density at radius 2 is 0.672 bits per heavy atom. The summed E-state index contributed by atoms with van der Waals surface area (Å²) < 4.78 is 45.5. The monoisotopic (exact) mass is 794 g/mol. The topological polar surface area (TPSA) is 118 Å². The molecule has 0 fully saturated rings. The fraction of sp³-hybridized carbons (Fsp3) is 0. The fourth-order valence-electron chi connectivity index (χ4n) is 7.74. The van der Waals surface area contributed by atoms with Crippen LogP contribution in [0.1, 0.15) is 0 Å². The molecule has 0 radical (unpaired) electrons. The highest BCUT2D eigenvalue weighted by Gasteiger charge is 2.39. The zero-order valence-electron chi connectivity index (χ0n) is 30.6. The van der Waals surface area contributed by atoms with Crippen LogP contribution in [0, 0.1) is 10.4 Å². The van der Waals surface area contributed by atoms with Crippen LogP contribution in [0.15, 0.2) is 192 Å². The zero-order chi connectivity index (χ0) is 39.4. The molecule has 0 aromatic heterocycles. The molecule has 0 saturated carbocycles. The molecule has 2 heterocycles. The van der Waals surface area contributed by atoms with Gasteiger partial charge in [0.2, 0.25) is 0 Å². The first-order chi connectivity index (χ1) is 28.4. The van der Waals surface area contributed by atoms with Gasteiger partial charge in [-0.25, -0.2) is 9.98 Å². The van der Waals surface area contributed by atoms with Gasteiger partial charge in [0.15, 0.2) is 37.3 Å². The van der Waals surface area contributed by atoms with Gasteiger partial charge in [-0.15, -0.1) is 0 Å². The molecule has 8 aromatic carbocycles. The summed E-state index contributed by atoms with van der Waals surface area (Å²) in [5, 5.41) is 28.1. The molecule has 0 amide bonds. The molecule has 280 valence electrons. The highest BCUT2D eigenvalue weighted by atomic mass is 31.2. The number of aromatic hydroxyl groups is 2. The van der Waals surface area contributed by atoms with Crippen LogP contribution in [-0.2, 0) is 9.13 Å². The standard InChI is InChI=1S/C48H32N2O6P2/c51-45-35(29-41-43(49-37-25-13-15-27-39(37)55-41)47(45)57(53,31-17-5-1-6-18-31)32-19-7-2-8-20-32)36-30-42-44(50-38-26-14-16-28-40(38)56-42)48(46(36)52)58(54,33-21-9-3-10-22-33)34-23-11-4-12-24-34/h1-30,51-52H/b36-35-. The Hall–Kier alpha value is -6.98. The van der Waals surface area contributed by atoms with Gasteiger partial charge in [0.05, 0.1) is 10.6 Å². The number of ether oxygens (including phenoxy) is 2. The van der Waals surface area contributed by atoms with Crippen molar-refractivity contribution in [2.45, 2.75) is 0 Å². The maximum Gasteiger partial charge on any atom is 0.176 e. The Morgan fingerprint density at radius 3 is 1.00 bits per heavy atom. The number of para-hydroxylation sites is 4. The minimum atomic E-state index is -3.97. The summed E-state index contributed by atoms with van der Waals surface area (Å²) in [7, 11) is -7.93. The molecule has 8 nitrogen and oxygen atoms in total. The van der Waals surface area contributed by atoms with Gasteiger partial charge in [0.25, 0.3) is 0 Å². The van der Waals surface area contributed by atoms with Crippen molar-refractivity contribution in [1.29, 1.82) is 0 Å². The lowest BCUT2D eigenvalue weighted by Gasteiger charge is -2.25. The highest BCUT2D eigenvalue weighted by Crippen LogP contribution is 2.48. The van der Waals surface area contributed by atoms with Crippen LogP contribution in [0.5, 0.6) is 34.5 Å². The Balaban J connectivity index is 1.43. The number of phenols is 2. The van der Waals surface area contributed by atoms with Crippen LogP contribution in [0.25, 0.3) is 0 Å². The number of benzene rings is 8. The molecule has 0 spiro atoms. The SMILES string of the molecule is O=P(c1ccccc1)(c1ccccc1)c1c(O)/c(=c2/cc3c(c(P(=O)(c4ccccc4)c4ccccc4)c2O)=Nc2ccccc2O3)cc2c1=Nc1ccccc1O2. The van der Waals surface area contributed by atoms with E-state index < -0.39 is 25.8 Å². The van der Waals surface area contributed by atoms with E-state index in [1.165, 1.54) is 0 Å². The van der Waals surface area contributed by atoms with Crippen molar-refractivity contribution < 1.29 is 28.8 Å². The van der Waals surface area contributed by atoms with E-state index in [2.05, 4.69) is 0 Å². The smallest absolute Gasteiger partial charge is 0.176 e. The van der Waals surface area contributed by atoms with Crippen LogP contribution < -0.4 is 52.0 Å². The fourth-order valence-corrected chi connectivity index (χ4v) is 13.5. The first-order valence-corrected chi connectivity index (χ1v) is 22.0. The summed E-state index contributed by atoms with van der Waals surface area (Å²) in [5.41, 5.74) is 0.991. The quantitative estimate of drug-likeness (QED) is 0.166. The molecule has 0 bridgehead atoms. The molecular weight excluding hydrogens is 762 g/mol. The van der Waals surface area contributed by atoms with Crippen molar-refractivity contribution in [2.24, 2.45) is 9.98 Å². The van der Waals surface area contributed by atoms with Crippen molar-refractivity contribution in [2.75, 3.05) is 0 Å². The molecule has 10 rings (SSSR count). The van der Waals surface area contributed by atoms with Gasteiger partial charge >= 0.3 is 0 Å². The molecular formula is C48H32N2O6P2. The zero-order valence-corrected chi connectivity index (χ0v) is 32.4. The van der Waals surface area contributed by atoms with Crippen molar-refractivity contribution in [1.82, 2.24) is 0 Å². The normalized spacial score (nSPS) is 13.2. The molecule has 2 aliphatic rings. The van der Waals surface area contributed by atoms with E-state index in [0.29, 0.717) is 44.1 Å². The van der Waals surface area contributed by atoms with Crippen LogP contribution in [0.2, 0.25) is 0 Å².